The van der Waals surface area contributed by atoms with E-state index < -0.39 is 0 Å². The van der Waals surface area contributed by atoms with Crippen molar-refractivity contribution in [3.63, 3.8) is 0 Å². The highest BCUT2D eigenvalue weighted by Crippen LogP contribution is 2.33. The molecule has 1 N–H and O–H groups in total. The van der Waals surface area contributed by atoms with Gasteiger partial charge in [0.1, 0.15) is 5.82 Å². The van der Waals surface area contributed by atoms with Gasteiger partial charge in [-0.3, -0.25) is 0 Å². The van der Waals surface area contributed by atoms with E-state index in [1.54, 1.807) is 0 Å². The van der Waals surface area contributed by atoms with Crippen LogP contribution >= 0.6 is 0 Å². The molecule has 2 rings (SSSR count). The van der Waals surface area contributed by atoms with Gasteiger partial charge in [0.05, 0.1) is 11.0 Å². The average Bonchev–Trinajstić information content (AvgIpc) is 2.78. The predicted octanol–water partition coefficient (Wildman–Crippen LogP) is 4.57. The number of aromatic amines is 1. The lowest BCUT2D eigenvalue weighted by Crippen LogP contribution is -2.21. The Morgan fingerprint density at radius 3 is 2.67 bits per heavy atom. The number of benzene rings is 1. The van der Waals surface area contributed by atoms with Gasteiger partial charge in [0.25, 0.3) is 0 Å². The van der Waals surface area contributed by atoms with Gasteiger partial charge in [0.15, 0.2) is 0 Å². The standard InChI is InChI=1S/C16H24N2/c1-5-16(3,4)12(2)10-11-15-17-13-8-6-7-9-14(13)18-15/h6-9,12H,5,10-11H2,1-4H3,(H,17,18)/t12-/m0/s1. The molecular formula is C16H24N2. The minimum absolute atomic E-state index is 0.423. The molecule has 0 aliphatic carbocycles. The van der Waals surface area contributed by atoms with Crippen molar-refractivity contribution < 1.29 is 0 Å². The molecule has 0 radical (unpaired) electrons. The van der Waals surface area contributed by atoms with Crippen LogP contribution in [0.4, 0.5) is 0 Å². The molecular weight excluding hydrogens is 220 g/mol. The van der Waals surface area contributed by atoms with Crippen molar-refractivity contribution in [2.75, 3.05) is 0 Å². The summed E-state index contributed by atoms with van der Waals surface area (Å²) in [5, 5.41) is 0. The van der Waals surface area contributed by atoms with Crippen molar-refractivity contribution in [1.82, 2.24) is 9.97 Å². The lowest BCUT2D eigenvalue weighted by atomic mass is 9.76. The molecule has 0 fully saturated rings. The molecule has 0 unspecified atom stereocenters. The number of fused-ring (bicyclic) bond motifs is 1. The van der Waals surface area contributed by atoms with Crippen molar-refractivity contribution in [3.05, 3.63) is 30.1 Å². The van der Waals surface area contributed by atoms with Crippen molar-refractivity contribution >= 4 is 11.0 Å². The number of imidazole rings is 1. The third-order valence-corrected chi connectivity index (χ3v) is 4.50. The molecule has 98 valence electrons. The molecule has 0 spiro atoms. The topological polar surface area (TPSA) is 28.7 Å². The highest BCUT2D eigenvalue weighted by Gasteiger charge is 2.23. The number of hydrogen-bond donors (Lipinski definition) is 1. The number of aromatic nitrogens is 2. The summed E-state index contributed by atoms with van der Waals surface area (Å²) in [5.74, 6) is 1.84. The highest BCUT2D eigenvalue weighted by molar-refractivity contribution is 5.74. The maximum absolute atomic E-state index is 4.64. The lowest BCUT2D eigenvalue weighted by Gasteiger charge is -2.30. The lowest BCUT2D eigenvalue weighted by molar-refractivity contribution is 0.209. The molecule has 0 bridgehead atoms. The molecule has 2 heteroatoms. The fourth-order valence-corrected chi connectivity index (χ4v) is 2.22. The van der Waals surface area contributed by atoms with Crippen LogP contribution in [0.2, 0.25) is 0 Å². The van der Waals surface area contributed by atoms with Gasteiger partial charge >= 0.3 is 0 Å². The van der Waals surface area contributed by atoms with E-state index in [1.807, 2.05) is 12.1 Å². The van der Waals surface area contributed by atoms with Gasteiger partial charge in [0.2, 0.25) is 0 Å². The molecule has 0 amide bonds. The van der Waals surface area contributed by atoms with Crippen LogP contribution in [-0.4, -0.2) is 9.97 Å². The van der Waals surface area contributed by atoms with Gasteiger partial charge < -0.3 is 4.98 Å². The fourth-order valence-electron chi connectivity index (χ4n) is 2.22. The second-order valence-corrected chi connectivity index (χ2v) is 5.98. The molecule has 2 aromatic rings. The third kappa shape index (κ3) is 2.74. The molecule has 2 nitrogen and oxygen atoms in total. The van der Waals surface area contributed by atoms with Crippen molar-refractivity contribution in [2.24, 2.45) is 11.3 Å². The van der Waals surface area contributed by atoms with Crippen LogP contribution in [0.3, 0.4) is 0 Å². The van der Waals surface area contributed by atoms with Crippen molar-refractivity contribution in [2.45, 2.75) is 47.0 Å². The molecule has 1 aromatic carbocycles. The molecule has 0 saturated carbocycles. The van der Waals surface area contributed by atoms with Crippen LogP contribution in [0, 0.1) is 11.3 Å². The van der Waals surface area contributed by atoms with E-state index in [4.69, 9.17) is 0 Å². The van der Waals surface area contributed by atoms with E-state index in [9.17, 15) is 0 Å². The monoisotopic (exact) mass is 244 g/mol. The summed E-state index contributed by atoms with van der Waals surface area (Å²) in [4.78, 5) is 8.05. The largest absolute Gasteiger partial charge is 0.342 e. The van der Waals surface area contributed by atoms with Gasteiger partial charge in [0, 0.05) is 6.42 Å². The summed E-state index contributed by atoms with van der Waals surface area (Å²) in [6, 6.07) is 8.24. The smallest absolute Gasteiger partial charge is 0.107 e. The zero-order valence-electron chi connectivity index (χ0n) is 12.0. The second kappa shape index (κ2) is 5.13. The minimum atomic E-state index is 0.423. The first-order valence-electron chi connectivity index (χ1n) is 6.96. The first kappa shape index (κ1) is 13.1. The summed E-state index contributed by atoms with van der Waals surface area (Å²) in [6.45, 7) is 9.34. The highest BCUT2D eigenvalue weighted by atomic mass is 14.9. The molecule has 1 aromatic heterocycles. The molecule has 0 aliphatic rings. The zero-order valence-corrected chi connectivity index (χ0v) is 12.0. The Balaban J connectivity index is 2.02. The predicted molar refractivity (Wildman–Crippen MR) is 77.7 cm³/mol. The first-order valence-corrected chi connectivity index (χ1v) is 6.96. The van der Waals surface area contributed by atoms with Crippen LogP contribution in [0.25, 0.3) is 11.0 Å². The van der Waals surface area contributed by atoms with E-state index in [-0.39, 0.29) is 0 Å². The zero-order chi connectivity index (χ0) is 13.2. The first-order chi connectivity index (χ1) is 8.53. The van der Waals surface area contributed by atoms with E-state index in [0.29, 0.717) is 5.41 Å². The number of nitrogens with zero attached hydrogens (tertiary/aromatic N) is 1. The SMILES string of the molecule is CCC(C)(C)[C@@H](C)CCc1nc2ccccc2[nH]1. The quantitative estimate of drug-likeness (QED) is 0.820. The van der Waals surface area contributed by atoms with Crippen LogP contribution in [0.1, 0.15) is 46.4 Å². The Morgan fingerprint density at radius 2 is 2.00 bits per heavy atom. The number of rotatable bonds is 5. The van der Waals surface area contributed by atoms with E-state index in [1.165, 1.54) is 12.8 Å². The van der Waals surface area contributed by atoms with Crippen molar-refractivity contribution in [1.29, 1.82) is 0 Å². The van der Waals surface area contributed by atoms with Crippen LogP contribution in [0.15, 0.2) is 24.3 Å². The van der Waals surface area contributed by atoms with Crippen LogP contribution < -0.4 is 0 Å². The Morgan fingerprint density at radius 1 is 1.28 bits per heavy atom. The van der Waals surface area contributed by atoms with E-state index in [2.05, 4.69) is 49.8 Å². The number of aryl methyl sites for hydroxylation is 1. The molecule has 1 heterocycles. The maximum Gasteiger partial charge on any atom is 0.107 e. The summed E-state index contributed by atoms with van der Waals surface area (Å²) in [7, 11) is 0. The Hall–Kier alpha value is -1.31. The molecule has 18 heavy (non-hydrogen) atoms. The maximum atomic E-state index is 4.64. The van der Waals surface area contributed by atoms with Gasteiger partial charge in [-0.1, -0.05) is 46.2 Å². The van der Waals surface area contributed by atoms with Crippen LogP contribution in [-0.2, 0) is 6.42 Å². The van der Waals surface area contributed by atoms with Gasteiger partial charge in [-0.15, -0.1) is 0 Å². The third-order valence-electron chi connectivity index (χ3n) is 4.50. The Bertz CT molecular complexity index is 478. The Kier molecular flexibility index (Phi) is 3.74. The van der Waals surface area contributed by atoms with Gasteiger partial charge in [-0.2, -0.15) is 0 Å². The molecule has 0 aliphatic heterocycles. The second-order valence-electron chi connectivity index (χ2n) is 5.98. The number of para-hydroxylation sites is 2. The summed E-state index contributed by atoms with van der Waals surface area (Å²) < 4.78 is 0. The molecule has 1 atom stereocenters. The fraction of sp³-hybridized carbons (Fsp3) is 0.562. The summed E-state index contributed by atoms with van der Waals surface area (Å²) in [6.07, 6.45) is 3.47. The number of hydrogen-bond acceptors (Lipinski definition) is 1. The van der Waals surface area contributed by atoms with Gasteiger partial charge in [-0.05, 0) is 29.9 Å². The normalized spacial score (nSPS) is 14.0. The van der Waals surface area contributed by atoms with E-state index >= 15 is 0 Å². The van der Waals surface area contributed by atoms with E-state index in [0.717, 1.165) is 29.2 Å². The Labute approximate surface area is 110 Å². The van der Waals surface area contributed by atoms with Crippen molar-refractivity contribution in [3.8, 4) is 0 Å². The summed E-state index contributed by atoms with van der Waals surface area (Å²) >= 11 is 0. The molecule has 0 saturated heterocycles. The number of nitrogens with one attached hydrogen (secondary N) is 1. The summed E-state index contributed by atoms with van der Waals surface area (Å²) in [5.41, 5.74) is 2.65. The minimum Gasteiger partial charge on any atom is -0.342 e. The van der Waals surface area contributed by atoms with Gasteiger partial charge in [-0.25, -0.2) is 4.98 Å². The number of H-pyrrole nitrogens is 1. The van der Waals surface area contributed by atoms with Crippen LogP contribution in [0.5, 0.6) is 0 Å². The average molecular weight is 244 g/mol.